The summed E-state index contributed by atoms with van der Waals surface area (Å²) >= 11 is 0. The lowest BCUT2D eigenvalue weighted by molar-refractivity contribution is -0.156. The molecule has 0 bridgehead atoms. The summed E-state index contributed by atoms with van der Waals surface area (Å²) in [5, 5.41) is 0. The van der Waals surface area contributed by atoms with Crippen molar-refractivity contribution in [2.24, 2.45) is 22.7 Å². The molecule has 1 aliphatic rings. The minimum atomic E-state index is -0.0622. The van der Waals surface area contributed by atoms with Crippen molar-refractivity contribution < 1.29 is 19.0 Å². The third-order valence-electron chi connectivity index (χ3n) is 4.20. The van der Waals surface area contributed by atoms with Crippen molar-refractivity contribution in [2.75, 3.05) is 27.4 Å². The Morgan fingerprint density at radius 1 is 1.17 bits per heavy atom. The molecule has 1 saturated heterocycles. The number of carbonyl (C=O) groups is 1. The average Bonchev–Trinajstić information content (AvgIpc) is 2.41. The van der Waals surface area contributed by atoms with Gasteiger partial charge < -0.3 is 14.2 Å². The summed E-state index contributed by atoms with van der Waals surface area (Å²) < 4.78 is 15.5. The van der Waals surface area contributed by atoms with Crippen molar-refractivity contribution in [3.05, 3.63) is 0 Å². The number of hydrogen-bond acceptors (Lipinski definition) is 4. The Morgan fingerprint density at radius 3 is 2.12 bits per heavy atom. The van der Waals surface area contributed by atoms with E-state index in [-0.39, 0.29) is 28.8 Å². The maximum absolute atomic E-state index is 12.5. The highest BCUT2D eigenvalue weighted by molar-refractivity contribution is 5.73. The SMILES string of the molecule is CC1CC(COC(=O)C(CC(C)(C)C)C(C)(C)C)CCO1.COC. The Balaban J connectivity index is 0.00000163. The molecule has 0 N–H and O–H groups in total. The number of esters is 1. The van der Waals surface area contributed by atoms with Gasteiger partial charge >= 0.3 is 5.97 Å². The van der Waals surface area contributed by atoms with Gasteiger partial charge in [0.1, 0.15) is 0 Å². The summed E-state index contributed by atoms with van der Waals surface area (Å²) in [6.07, 6.45) is 3.14. The quantitative estimate of drug-likeness (QED) is 0.693. The molecule has 24 heavy (non-hydrogen) atoms. The molecular formula is C20H40O4. The standard InChI is InChI=1S/C18H34O3.C2H6O/c1-13-10-14(8-9-20-13)12-21-16(19)15(18(5,6)7)11-17(2,3)4;1-3-2/h13-15H,8-12H2,1-7H3;1-2H3. The average molecular weight is 345 g/mol. The first-order valence-electron chi connectivity index (χ1n) is 9.09. The van der Waals surface area contributed by atoms with E-state index in [1.165, 1.54) is 0 Å². The molecule has 3 atom stereocenters. The lowest BCUT2D eigenvalue weighted by Gasteiger charge is -2.34. The van der Waals surface area contributed by atoms with Crippen LogP contribution < -0.4 is 0 Å². The number of ether oxygens (including phenoxy) is 3. The van der Waals surface area contributed by atoms with Crippen LogP contribution in [-0.2, 0) is 19.0 Å². The minimum Gasteiger partial charge on any atom is -0.465 e. The van der Waals surface area contributed by atoms with Crippen LogP contribution in [0.1, 0.15) is 67.7 Å². The van der Waals surface area contributed by atoms with E-state index in [0.717, 1.165) is 25.9 Å². The molecule has 0 radical (unpaired) electrons. The van der Waals surface area contributed by atoms with Gasteiger partial charge in [-0.1, -0.05) is 41.5 Å². The first-order valence-corrected chi connectivity index (χ1v) is 9.09. The number of hydrogen-bond donors (Lipinski definition) is 0. The second-order valence-electron chi connectivity index (χ2n) is 9.29. The maximum Gasteiger partial charge on any atom is 0.309 e. The summed E-state index contributed by atoms with van der Waals surface area (Å²) in [6, 6.07) is 0. The molecule has 0 amide bonds. The van der Waals surface area contributed by atoms with Gasteiger partial charge in [-0.15, -0.1) is 0 Å². The highest BCUT2D eigenvalue weighted by atomic mass is 16.5. The molecule has 144 valence electrons. The molecule has 4 heteroatoms. The number of carbonyl (C=O) groups excluding carboxylic acids is 1. The van der Waals surface area contributed by atoms with Gasteiger partial charge in [-0.2, -0.15) is 0 Å². The maximum atomic E-state index is 12.5. The van der Waals surface area contributed by atoms with Crippen molar-refractivity contribution in [1.29, 1.82) is 0 Å². The Hall–Kier alpha value is -0.610. The zero-order chi connectivity index (χ0) is 19.0. The van der Waals surface area contributed by atoms with E-state index in [4.69, 9.17) is 9.47 Å². The third kappa shape index (κ3) is 10.3. The molecular weight excluding hydrogens is 304 g/mol. The number of methoxy groups -OCH3 is 1. The predicted octanol–water partition coefficient (Wildman–Crippen LogP) is 4.71. The van der Waals surface area contributed by atoms with E-state index < -0.39 is 0 Å². The summed E-state index contributed by atoms with van der Waals surface area (Å²) in [5.74, 6) is 0.374. The molecule has 1 rings (SSSR count). The Bertz CT molecular complexity index is 352. The Morgan fingerprint density at radius 2 is 1.71 bits per heavy atom. The largest absolute Gasteiger partial charge is 0.465 e. The van der Waals surface area contributed by atoms with Crippen LogP contribution in [0, 0.1) is 22.7 Å². The third-order valence-corrected chi connectivity index (χ3v) is 4.20. The van der Waals surface area contributed by atoms with E-state index in [1.807, 2.05) is 0 Å². The monoisotopic (exact) mass is 344 g/mol. The van der Waals surface area contributed by atoms with E-state index in [1.54, 1.807) is 14.2 Å². The fourth-order valence-corrected chi connectivity index (χ4v) is 2.90. The van der Waals surface area contributed by atoms with E-state index in [9.17, 15) is 4.79 Å². The Labute approximate surface area is 149 Å². The van der Waals surface area contributed by atoms with Gasteiger partial charge in [0.2, 0.25) is 0 Å². The molecule has 3 unspecified atom stereocenters. The van der Waals surface area contributed by atoms with E-state index in [2.05, 4.69) is 53.2 Å². The summed E-state index contributed by atoms with van der Waals surface area (Å²) in [4.78, 5) is 12.5. The topological polar surface area (TPSA) is 44.8 Å². The van der Waals surface area contributed by atoms with Crippen molar-refractivity contribution >= 4 is 5.97 Å². The molecule has 4 nitrogen and oxygen atoms in total. The molecule has 0 aromatic carbocycles. The summed E-state index contributed by atoms with van der Waals surface area (Å²) in [7, 11) is 3.25. The van der Waals surface area contributed by atoms with Crippen molar-refractivity contribution in [2.45, 2.75) is 73.8 Å². The van der Waals surface area contributed by atoms with Crippen molar-refractivity contribution in [1.82, 2.24) is 0 Å². The first kappa shape index (κ1) is 23.4. The normalized spacial score (nSPS) is 23.0. The lowest BCUT2D eigenvalue weighted by atomic mass is 9.72. The van der Waals surface area contributed by atoms with Gasteiger partial charge in [-0.05, 0) is 42.9 Å². The number of rotatable bonds is 4. The zero-order valence-electron chi connectivity index (χ0n) is 17.4. The molecule has 0 aliphatic carbocycles. The fraction of sp³-hybridized carbons (Fsp3) is 0.950. The molecule has 1 heterocycles. The smallest absolute Gasteiger partial charge is 0.309 e. The Kier molecular flexibility index (Phi) is 10.1. The summed E-state index contributed by atoms with van der Waals surface area (Å²) in [5.41, 5.74) is 0.0670. The molecule has 1 fully saturated rings. The molecule has 0 aromatic rings. The van der Waals surface area contributed by atoms with Crippen LogP contribution in [0.5, 0.6) is 0 Å². The lowest BCUT2D eigenvalue weighted by Crippen LogP contribution is -2.35. The van der Waals surface area contributed by atoms with Gasteiger partial charge in [0.25, 0.3) is 0 Å². The van der Waals surface area contributed by atoms with Crippen LogP contribution in [0.3, 0.4) is 0 Å². The van der Waals surface area contributed by atoms with Crippen molar-refractivity contribution in [3.8, 4) is 0 Å². The van der Waals surface area contributed by atoms with Gasteiger partial charge in [0.15, 0.2) is 0 Å². The van der Waals surface area contributed by atoms with Crippen LogP contribution in [0.4, 0.5) is 0 Å². The highest BCUT2D eigenvalue weighted by Crippen LogP contribution is 2.37. The van der Waals surface area contributed by atoms with E-state index in [0.29, 0.717) is 12.5 Å². The van der Waals surface area contributed by atoms with E-state index >= 15 is 0 Å². The van der Waals surface area contributed by atoms with Gasteiger partial charge in [0, 0.05) is 20.8 Å². The van der Waals surface area contributed by atoms with Crippen LogP contribution in [0.2, 0.25) is 0 Å². The summed E-state index contributed by atoms with van der Waals surface area (Å²) in [6.45, 7) is 16.3. The second-order valence-corrected chi connectivity index (χ2v) is 9.29. The minimum absolute atomic E-state index is 0.0310. The molecule has 0 spiro atoms. The van der Waals surface area contributed by atoms with Gasteiger partial charge in [0.05, 0.1) is 18.6 Å². The zero-order valence-corrected chi connectivity index (χ0v) is 17.4. The first-order chi connectivity index (χ1) is 10.9. The highest BCUT2D eigenvalue weighted by Gasteiger charge is 2.36. The van der Waals surface area contributed by atoms with Crippen LogP contribution in [0.15, 0.2) is 0 Å². The van der Waals surface area contributed by atoms with Gasteiger partial charge in [-0.25, -0.2) is 0 Å². The van der Waals surface area contributed by atoms with Crippen LogP contribution in [-0.4, -0.2) is 39.5 Å². The second kappa shape index (κ2) is 10.4. The van der Waals surface area contributed by atoms with Crippen LogP contribution in [0.25, 0.3) is 0 Å². The fourth-order valence-electron chi connectivity index (χ4n) is 2.90. The van der Waals surface area contributed by atoms with Crippen LogP contribution >= 0.6 is 0 Å². The predicted molar refractivity (Wildman–Crippen MR) is 99.0 cm³/mol. The molecule has 0 aromatic heterocycles. The van der Waals surface area contributed by atoms with Gasteiger partial charge in [-0.3, -0.25) is 4.79 Å². The molecule has 0 saturated carbocycles. The molecule has 1 aliphatic heterocycles. The van der Waals surface area contributed by atoms with Crippen molar-refractivity contribution in [3.63, 3.8) is 0 Å².